The van der Waals surface area contributed by atoms with Crippen molar-refractivity contribution in [1.29, 1.82) is 0 Å². The van der Waals surface area contributed by atoms with E-state index in [4.69, 9.17) is 5.11 Å². The third-order valence-corrected chi connectivity index (χ3v) is 2.79. The summed E-state index contributed by atoms with van der Waals surface area (Å²) < 4.78 is 0. The molecular weight excluding hydrogens is 224 g/mol. The van der Waals surface area contributed by atoms with Crippen LogP contribution in [0.5, 0.6) is 0 Å². The molecule has 0 bridgehead atoms. The minimum atomic E-state index is -0.888. The molecule has 96 valence electrons. The van der Waals surface area contributed by atoms with Gasteiger partial charge in [0.25, 0.3) is 0 Å². The van der Waals surface area contributed by atoms with Crippen LogP contribution in [0.3, 0.4) is 0 Å². The fourth-order valence-electron chi connectivity index (χ4n) is 1.83. The number of carboxylic acids is 1. The third-order valence-electron chi connectivity index (χ3n) is 2.79. The number of amides is 2. The van der Waals surface area contributed by atoms with Crippen molar-refractivity contribution in [3.8, 4) is 0 Å². The number of carboxylic acid groups (broad SMARTS) is 1. The van der Waals surface area contributed by atoms with Crippen molar-refractivity contribution >= 4 is 17.8 Å². The minimum absolute atomic E-state index is 0.00460. The average Bonchev–Trinajstić information content (AvgIpc) is 2.23. The molecule has 6 heteroatoms. The zero-order valence-corrected chi connectivity index (χ0v) is 9.94. The van der Waals surface area contributed by atoms with Crippen LogP contribution in [-0.4, -0.2) is 47.4 Å². The van der Waals surface area contributed by atoms with Gasteiger partial charge in [0.15, 0.2) is 0 Å². The van der Waals surface area contributed by atoms with Crippen molar-refractivity contribution in [3.63, 3.8) is 0 Å². The molecular formula is C11H18N2O4. The standard InChI is InChI=1S/C11H18N2O4/c1-13-7-8(5-6-10(13)15)12-9(14)3-2-4-11(16)17/h8H,2-7H2,1H3,(H,12,14)(H,16,17). The molecule has 2 N–H and O–H groups in total. The molecule has 0 aromatic rings. The number of hydrogen-bond donors (Lipinski definition) is 2. The molecule has 1 rings (SSSR count). The lowest BCUT2D eigenvalue weighted by Gasteiger charge is -2.30. The molecule has 1 fully saturated rings. The summed E-state index contributed by atoms with van der Waals surface area (Å²) in [5.41, 5.74) is 0. The summed E-state index contributed by atoms with van der Waals surface area (Å²) in [4.78, 5) is 34.6. The second-order valence-electron chi connectivity index (χ2n) is 4.32. The smallest absolute Gasteiger partial charge is 0.303 e. The number of hydrogen-bond acceptors (Lipinski definition) is 3. The zero-order chi connectivity index (χ0) is 12.8. The summed E-state index contributed by atoms with van der Waals surface area (Å²) >= 11 is 0. The first-order chi connectivity index (χ1) is 7.99. The molecule has 0 aliphatic carbocycles. The van der Waals surface area contributed by atoms with E-state index in [1.165, 1.54) is 0 Å². The van der Waals surface area contributed by atoms with Crippen LogP contribution in [0.15, 0.2) is 0 Å². The minimum Gasteiger partial charge on any atom is -0.481 e. The van der Waals surface area contributed by atoms with Gasteiger partial charge >= 0.3 is 5.97 Å². The van der Waals surface area contributed by atoms with Gasteiger partial charge in [0.05, 0.1) is 0 Å². The van der Waals surface area contributed by atoms with Crippen LogP contribution >= 0.6 is 0 Å². The van der Waals surface area contributed by atoms with Gasteiger partial charge in [0.2, 0.25) is 11.8 Å². The number of aliphatic carboxylic acids is 1. The van der Waals surface area contributed by atoms with Crippen LogP contribution in [-0.2, 0) is 14.4 Å². The molecule has 2 amide bonds. The molecule has 1 aliphatic rings. The number of carbonyl (C=O) groups is 3. The van der Waals surface area contributed by atoms with Crippen molar-refractivity contribution in [1.82, 2.24) is 10.2 Å². The SMILES string of the molecule is CN1CC(NC(=O)CCCC(=O)O)CCC1=O. The highest BCUT2D eigenvalue weighted by atomic mass is 16.4. The molecule has 0 radical (unpaired) electrons. The highest BCUT2D eigenvalue weighted by Crippen LogP contribution is 2.10. The van der Waals surface area contributed by atoms with Gasteiger partial charge in [-0.25, -0.2) is 0 Å². The van der Waals surface area contributed by atoms with Crippen molar-refractivity contribution in [2.24, 2.45) is 0 Å². The monoisotopic (exact) mass is 242 g/mol. The van der Waals surface area contributed by atoms with Crippen molar-refractivity contribution in [2.45, 2.75) is 38.1 Å². The van der Waals surface area contributed by atoms with Crippen LogP contribution in [0, 0.1) is 0 Å². The first-order valence-corrected chi connectivity index (χ1v) is 5.74. The van der Waals surface area contributed by atoms with Gasteiger partial charge < -0.3 is 15.3 Å². The lowest BCUT2D eigenvalue weighted by molar-refractivity contribution is -0.137. The number of nitrogens with one attached hydrogen (secondary N) is 1. The van der Waals surface area contributed by atoms with Gasteiger partial charge in [-0.2, -0.15) is 0 Å². The van der Waals surface area contributed by atoms with Gasteiger partial charge in [-0.05, 0) is 12.8 Å². The summed E-state index contributed by atoms with van der Waals surface area (Å²) in [7, 11) is 1.71. The molecule has 0 spiro atoms. The molecule has 1 unspecified atom stereocenters. The first-order valence-electron chi connectivity index (χ1n) is 5.74. The maximum Gasteiger partial charge on any atom is 0.303 e. The van der Waals surface area contributed by atoms with E-state index >= 15 is 0 Å². The Morgan fingerprint density at radius 1 is 1.47 bits per heavy atom. The van der Waals surface area contributed by atoms with Crippen LogP contribution in [0.1, 0.15) is 32.1 Å². The molecule has 1 saturated heterocycles. The summed E-state index contributed by atoms with van der Waals surface area (Å²) in [6.07, 6.45) is 1.70. The molecule has 1 atom stereocenters. The number of carbonyl (C=O) groups excluding carboxylic acids is 2. The predicted molar refractivity (Wildman–Crippen MR) is 60.3 cm³/mol. The van der Waals surface area contributed by atoms with E-state index in [1.54, 1.807) is 11.9 Å². The Hall–Kier alpha value is -1.59. The van der Waals surface area contributed by atoms with Crippen LogP contribution < -0.4 is 5.32 Å². The van der Waals surface area contributed by atoms with Gasteiger partial charge in [-0.3, -0.25) is 14.4 Å². The summed E-state index contributed by atoms with van der Waals surface area (Å²) in [5.74, 6) is -0.929. The topological polar surface area (TPSA) is 86.7 Å². The van der Waals surface area contributed by atoms with E-state index in [-0.39, 0.29) is 30.7 Å². The Morgan fingerprint density at radius 3 is 2.76 bits per heavy atom. The number of likely N-dealkylation sites (N-methyl/N-ethyl adjacent to an activating group) is 1. The van der Waals surface area contributed by atoms with Crippen LogP contribution in [0.25, 0.3) is 0 Å². The highest BCUT2D eigenvalue weighted by molar-refractivity contribution is 5.79. The molecule has 1 aliphatic heterocycles. The molecule has 17 heavy (non-hydrogen) atoms. The first kappa shape index (κ1) is 13.5. The lowest BCUT2D eigenvalue weighted by Crippen LogP contribution is -2.48. The van der Waals surface area contributed by atoms with E-state index < -0.39 is 5.97 Å². The number of piperidine rings is 1. The number of rotatable bonds is 5. The number of nitrogens with zero attached hydrogens (tertiary/aromatic N) is 1. The van der Waals surface area contributed by atoms with E-state index in [9.17, 15) is 14.4 Å². The Bertz CT molecular complexity index is 317. The zero-order valence-electron chi connectivity index (χ0n) is 9.94. The van der Waals surface area contributed by atoms with E-state index in [2.05, 4.69) is 5.32 Å². The van der Waals surface area contributed by atoms with Gasteiger partial charge in [-0.15, -0.1) is 0 Å². The second-order valence-corrected chi connectivity index (χ2v) is 4.32. The van der Waals surface area contributed by atoms with E-state index in [1.807, 2.05) is 0 Å². The predicted octanol–water partition coefficient (Wildman–Crippen LogP) is -0.0217. The average molecular weight is 242 g/mol. The normalized spacial score (nSPS) is 20.2. The van der Waals surface area contributed by atoms with Crippen LogP contribution in [0.2, 0.25) is 0 Å². The number of likely N-dealkylation sites (tertiary alicyclic amines) is 1. The molecule has 0 aromatic heterocycles. The largest absolute Gasteiger partial charge is 0.481 e. The fourth-order valence-corrected chi connectivity index (χ4v) is 1.83. The summed E-state index contributed by atoms with van der Waals surface area (Å²) in [6, 6.07) is -0.00460. The van der Waals surface area contributed by atoms with Gasteiger partial charge in [-0.1, -0.05) is 0 Å². The Balaban J connectivity index is 2.22. The van der Waals surface area contributed by atoms with Gasteiger partial charge in [0, 0.05) is 38.9 Å². The fraction of sp³-hybridized carbons (Fsp3) is 0.727. The molecule has 6 nitrogen and oxygen atoms in total. The molecule has 0 aromatic carbocycles. The van der Waals surface area contributed by atoms with Crippen molar-refractivity contribution in [2.75, 3.05) is 13.6 Å². The third kappa shape index (κ3) is 4.84. The second kappa shape index (κ2) is 6.22. The Kier molecular flexibility index (Phi) is 4.93. The summed E-state index contributed by atoms with van der Waals surface area (Å²) in [5, 5.41) is 11.3. The van der Waals surface area contributed by atoms with Crippen molar-refractivity contribution < 1.29 is 19.5 Å². The molecule has 1 heterocycles. The maximum atomic E-state index is 11.5. The van der Waals surface area contributed by atoms with Crippen LogP contribution in [0.4, 0.5) is 0 Å². The van der Waals surface area contributed by atoms with Crippen molar-refractivity contribution in [3.05, 3.63) is 0 Å². The quantitative estimate of drug-likeness (QED) is 0.709. The Morgan fingerprint density at radius 2 is 2.18 bits per heavy atom. The van der Waals surface area contributed by atoms with Gasteiger partial charge in [0.1, 0.15) is 0 Å². The summed E-state index contributed by atoms with van der Waals surface area (Å²) in [6.45, 7) is 0.531. The Labute approximate surface area is 100.0 Å². The maximum absolute atomic E-state index is 11.5. The highest BCUT2D eigenvalue weighted by Gasteiger charge is 2.23. The van der Waals surface area contributed by atoms with E-state index in [0.717, 1.165) is 0 Å². The van der Waals surface area contributed by atoms with E-state index in [0.29, 0.717) is 25.8 Å². The lowest BCUT2D eigenvalue weighted by atomic mass is 10.1. The molecule has 0 saturated carbocycles.